The smallest absolute Gasteiger partial charge is 0.418 e. The van der Waals surface area contributed by atoms with Crippen molar-refractivity contribution in [2.24, 2.45) is 0 Å². The molecule has 0 aromatic carbocycles. The van der Waals surface area contributed by atoms with Gasteiger partial charge in [-0.3, -0.25) is 0 Å². The van der Waals surface area contributed by atoms with Crippen molar-refractivity contribution in [2.45, 2.75) is 27.7 Å². The van der Waals surface area contributed by atoms with Crippen molar-refractivity contribution < 1.29 is 37.7 Å². The van der Waals surface area contributed by atoms with Crippen LogP contribution < -0.4 is 0 Å². The topological polar surface area (TPSA) is 95.2 Å². The second-order valence-corrected chi connectivity index (χ2v) is 1.39. The molecule has 0 bridgehead atoms. The van der Waals surface area contributed by atoms with Crippen LogP contribution in [0.1, 0.15) is 27.7 Å². The molecular weight excluding hydrogens is 345 g/mol. The molecule has 18 heavy (non-hydrogen) atoms. The summed E-state index contributed by atoms with van der Waals surface area (Å²) in [6, 6.07) is 7.00. The zero-order valence-electron chi connectivity index (χ0n) is 10.2. The Morgan fingerprint density at radius 2 is 0.611 bits per heavy atom. The number of hydrogen-bond acceptors (Lipinski definition) is 4. The van der Waals surface area contributed by atoms with Gasteiger partial charge in [-0.2, -0.15) is 21.0 Å². The summed E-state index contributed by atoms with van der Waals surface area (Å²) in [6.07, 6.45) is 0. The monoisotopic (exact) mass is 357 g/mol. The van der Waals surface area contributed by atoms with Gasteiger partial charge in [-0.25, -0.2) is 0 Å². The van der Waals surface area contributed by atoms with E-state index in [1.165, 1.54) is 27.7 Å². The van der Waals surface area contributed by atoms with Crippen molar-refractivity contribution in [1.82, 2.24) is 0 Å². The molecule has 10 heteroatoms. The molecule has 0 aliphatic rings. The van der Waals surface area contributed by atoms with E-state index < -0.39 is 7.25 Å². The van der Waals surface area contributed by atoms with Gasteiger partial charge in [0.2, 0.25) is 0 Å². The van der Waals surface area contributed by atoms with Crippen LogP contribution in [0.25, 0.3) is 0 Å². The van der Waals surface area contributed by atoms with Crippen LogP contribution in [-0.2, 0) is 20.4 Å². The van der Waals surface area contributed by atoms with Gasteiger partial charge in [0, 0.05) is 27.7 Å². The molecule has 0 heterocycles. The summed E-state index contributed by atoms with van der Waals surface area (Å²) in [6.45, 7) is 5.72. The average molecular weight is 357 g/mol. The van der Waals surface area contributed by atoms with E-state index in [-0.39, 0.29) is 20.4 Å². The third-order valence-corrected chi connectivity index (χ3v) is 0. The standard InChI is InChI=1S/4C2H3N.BF4.Pd/c4*1-2-3;2-1(3,4)5;/h4*1H3;;/q;;;;-1;+2. The Kier molecular flexibility index (Phi) is 90.4. The van der Waals surface area contributed by atoms with E-state index in [1.54, 1.807) is 24.3 Å². The van der Waals surface area contributed by atoms with Gasteiger partial charge < -0.3 is 17.3 Å². The molecule has 0 aromatic rings. The average Bonchev–Trinajstić information content (AvgIpc) is 2.04. The fraction of sp³-hybridized carbons (Fsp3) is 0.500. The fourth-order valence-electron chi connectivity index (χ4n) is 0. The molecule has 0 aromatic heterocycles. The molecule has 0 N–H and O–H groups in total. The maximum atomic E-state index is 9.75. The molecule has 0 amide bonds. The molecule has 0 unspecified atom stereocenters. The summed E-state index contributed by atoms with van der Waals surface area (Å²) >= 11 is 0. The van der Waals surface area contributed by atoms with Gasteiger partial charge in [0.1, 0.15) is 0 Å². The summed E-state index contributed by atoms with van der Waals surface area (Å²) in [5.41, 5.74) is 0. The maximum absolute atomic E-state index is 9.75. The Balaban J connectivity index is -0.0000000252. The van der Waals surface area contributed by atoms with Crippen LogP contribution in [0.15, 0.2) is 0 Å². The predicted molar refractivity (Wildman–Crippen MR) is 55.3 cm³/mol. The molecule has 0 saturated carbocycles. The van der Waals surface area contributed by atoms with Crippen LogP contribution in [0, 0.1) is 45.3 Å². The van der Waals surface area contributed by atoms with E-state index in [0.717, 1.165) is 0 Å². The molecule has 0 rings (SSSR count). The van der Waals surface area contributed by atoms with E-state index >= 15 is 0 Å². The van der Waals surface area contributed by atoms with Crippen LogP contribution >= 0.6 is 0 Å². The summed E-state index contributed by atoms with van der Waals surface area (Å²) in [5.74, 6) is 0. The predicted octanol–water partition coefficient (Wildman–Crippen LogP) is 3.42. The van der Waals surface area contributed by atoms with Crippen molar-refractivity contribution in [3.63, 3.8) is 0 Å². The second-order valence-electron chi connectivity index (χ2n) is 1.39. The zero-order chi connectivity index (χ0) is 15.3. The van der Waals surface area contributed by atoms with Crippen molar-refractivity contribution in [3.8, 4) is 24.3 Å². The first-order chi connectivity index (χ1) is 7.66. The van der Waals surface area contributed by atoms with Gasteiger partial charge in [-0.15, -0.1) is 0 Å². The van der Waals surface area contributed by atoms with E-state index in [2.05, 4.69) is 0 Å². The van der Waals surface area contributed by atoms with Gasteiger partial charge in [0.05, 0.1) is 24.3 Å². The number of hydrogen-bond donors (Lipinski definition) is 0. The van der Waals surface area contributed by atoms with Crippen molar-refractivity contribution >= 4 is 7.25 Å². The Hall–Kier alpha value is -1.59. The third-order valence-electron chi connectivity index (χ3n) is 0. The van der Waals surface area contributed by atoms with E-state index in [1.807, 2.05) is 0 Å². The van der Waals surface area contributed by atoms with Gasteiger partial charge in [-0.1, -0.05) is 0 Å². The van der Waals surface area contributed by atoms with E-state index in [4.69, 9.17) is 21.0 Å². The summed E-state index contributed by atoms with van der Waals surface area (Å²) in [4.78, 5) is 0. The minimum atomic E-state index is -6.00. The molecular formula is C8H12BF4N4Pd+. The zero-order valence-corrected chi connectivity index (χ0v) is 11.7. The summed E-state index contributed by atoms with van der Waals surface area (Å²) in [7, 11) is -6.00. The third kappa shape index (κ3) is 1020. The maximum Gasteiger partial charge on any atom is 2.00 e. The largest absolute Gasteiger partial charge is 2.00 e. The van der Waals surface area contributed by atoms with Crippen LogP contribution in [0.4, 0.5) is 17.3 Å². The van der Waals surface area contributed by atoms with Gasteiger partial charge in [0.25, 0.3) is 0 Å². The van der Waals surface area contributed by atoms with E-state index in [0.29, 0.717) is 0 Å². The Morgan fingerprint density at radius 3 is 0.611 bits per heavy atom. The number of nitriles is 4. The van der Waals surface area contributed by atoms with Crippen molar-refractivity contribution in [2.75, 3.05) is 0 Å². The molecule has 0 radical (unpaired) electrons. The summed E-state index contributed by atoms with van der Waals surface area (Å²) in [5, 5.41) is 29.3. The van der Waals surface area contributed by atoms with Crippen LogP contribution in [0.5, 0.6) is 0 Å². The molecule has 0 saturated heterocycles. The fourth-order valence-corrected chi connectivity index (χ4v) is 0. The molecule has 0 aliphatic heterocycles. The Labute approximate surface area is 118 Å². The molecule has 0 fully saturated rings. The number of halogens is 4. The molecule has 104 valence electrons. The number of rotatable bonds is 0. The molecule has 0 atom stereocenters. The Morgan fingerprint density at radius 1 is 0.611 bits per heavy atom. The normalized spacial score (nSPS) is 5.11. The first-order valence-electron chi connectivity index (χ1n) is 3.77. The van der Waals surface area contributed by atoms with Gasteiger partial charge in [-0.05, 0) is 0 Å². The van der Waals surface area contributed by atoms with Gasteiger partial charge in [0.15, 0.2) is 0 Å². The van der Waals surface area contributed by atoms with E-state index in [9.17, 15) is 17.3 Å². The quantitative estimate of drug-likeness (QED) is 0.490. The SMILES string of the molecule is CC#N.CC#N.CC#N.CC#N.F[B-](F)(F)F.[Pd+2]. The molecule has 4 nitrogen and oxygen atoms in total. The number of nitrogens with zero attached hydrogens (tertiary/aromatic N) is 4. The van der Waals surface area contributed by atoms with Crippen LogP contribution in [0.3, 0.4) is 0 Å². The Bertz CT molecular complexity index is 228. The minimum Gasteiger partial charge on any atom is -0.418 e. The first-order valence-corrected chi connectivity index (χ1v) is 3.77. The first kappa shape index (κ1) is 36.0. The summed E-state index contributed by atoms with van der Waals surface area (Å²) < 4.78 is 39.0. The second kappa shape index (κ2) is 45.2. The van der Waals surface area contributed by atoms with Gasteiger partial charge >= 0.3 is 27.7 Å². The van der Waals surface area contributed by atoms with Crippen molar-refractivity contribution in [1.29, 1.82) is 21.0 Å². The van der Waals surface area contributed by atoms with Crippen LogP contribution in [-0.4, -0.2) is 7.25 Å². The van der Waals surface area contributed by atoms with Crippen LogP contribution in [0.2, 0.25) is 0 Å². The minimum absolute atomic E-state index is 0. The van der Waals surface area contributed by atoms with Crippen molar-refractivity contribution in [3.05, 3.63) is 0 Å². The molecule has 0 spiro atoms. The molecule has 0 aliphatic carbocycles.